The highest BCUT2D eigenvalue weighted by Crippen LogP contribution is 2.36. The van der Waals surface area contributed by atoms with Crippen molar-refractivity contribution in [2.45, 2.75) is 13.5 Å². The standard InChI is InChI=1S/C23H20N4O5S2/c1-13-2-5-19-25-20(24-6-7-28)15(21(29)26(19)10-13)9-18-22(30)27(23(33)34-18)11-14-3-4-16-17(8-14)32-12-31-16/h2-5,8-10,24,28H,6-7,11-12H2,1H3. The van der Waals surface area contributed by atoms with E-state index in [1.54, 1.807) is 18.3 Å². The topological polar surface area (TPSA) is 105 Å². The minimum atomic E-state index is -0.324. The molecule has 9 nitrogen and oxygen atoms in total. The van der Waals surface area contributed by atoms with Crippen LogP contribution >= 0.6 is 24.0 Å². The maximum atomic E-state index is 13.3. The zero-order valence-corrected chi connectivity index (χ0v) is 19.7. The molecule has 2 aromatic heterocycles. The lowest BCUT2D eigenvalue weighted by atomic mass is 10.2. The van der Waals surface area contributed by atoms with E-state index in [0.29, 0.717) is 32.2 Å². The maximum absolute atomic E-state index is 13.3. The minimum Gasteiger partial charge on any atom is -0.454 e. The van der Waals surface area contributed by atoms with Crippen molar-refractivity contribution in [3.8, 4) is 11.5 Å². The number of aryl methyl sites for hydroxylation is 1. The summed E-state index contributed by atoms with van der Waals surface area (Å²) in [7, 11) is 0. The third kappa shape index (κ3) is 4.13. The monoisotopic (exact) mass is 496 g/mol. The van der Waals surface area contributed by atoms with Gasteiger partial charge in [0, 0.05) is 12.7 Å². The number of carbonyl (C=O) groups excluding carboxylic acids is 1. The Labute approximate surface area is 204 Å². The second-order valence-electron chi connectivity index (χ2n) is 7.72. The summed E-state index contributed by atoms with van der Waals surface area (Å²) in [5.41, 5.74) is 2.10. The molecule has 1 saturated heterocycles. The van der Waals surface area contributed by atoms with E-state index in [1.807, 2.05) is 25.1 Å². The van der Waals surface area contributed by atoms with E-state index in [9.17, 15) is 14.7 Å². The number of hydrogen-bond acceptors (Lipinski definition) is 9. The summed E-state index contributed by atoms with van der Waals surface area (Å²) in [4.78, 5) is 32.9. The molecule has 0 bridgehead atoms. The van der Waals surface area contributed by atoms with Gasteiger partial charge in [-0.2, -0.15) is 0 Å². The first-order valence-corrected chi connectivity index (χ1v) is 11.7. The lowest BCUT2D eigenvalue weighted by Crippen LogP contribution is -2.27. The number of anilines is 1. The van der Waals surface area contributed by atoms with Gasteiger partial charge < -0.3 is 19.9 Å². The number of aromatic nitrogens is 2. The molecular weight excluding hydrogens is 476 g/mol. The van der Waals surface area contributed by atoms with Gasteiger partial charge in [-0.3, -0.25) is 18.9 Å². The molecule has 2 N–H and O–H groups in total. The molecule has 1 fully saturated rings. The fourth-order valence-electron chi connectivity index (χ4n) is 3.69. The van der Waals surface area contributed by atoms with Crippen molar-refractivity contribution in [3.63, 3.8) is 0 Å². The summed E-state index contributed by atoms with van der Waals surface area (Å²) in [6, 6.07) is 9.08. The van der Waals surface area contributed by atoms with Crippen LogP contribution in [0.4, 0.5) is 5.82 Å². The Hall–Kier alpha value is -3.41. The Bertz CT molecular complexity index is 1420. The van der Waals surface area contributed by atoms with Crippen LogP contribution in [0.1, 0.15) is 16.7 Å². The minimum absolute atomic E-state index is 0.133. The van der Waals surface area contributed by atoms with Crippen LogP contribution in [-0.4, -0.2) is 49.6 Å². The predicted molar refractivity (Wildman–Crippen MR) is 133 cm³/mol. The number of carbonyl (C=O) groups is 1. The summed E-state index contributed by atoms with van der Waals surface area (Å²) in [5.74, 6) is 1.29. The number of pyridine rings is 1. The van der Waals surface area contributed by atoms with Gasteiger partial charge in [0.15, 0.2) is 11.5 Å². The smallest absolute Gasteiger partial charge is 0.267 e. The molecule has 1 amide bonds. The Kier molecular flexibility index (Phi) is 5.98. The van der Waals surface area contributed by atoms with Gasteiger partial charge in [-0.25, -0.2) is 4.98 Å². The fourth-order valence-corrected chi connectivity index (χ4v) is 4.92. The molecule has 3 aromatic rings. The fraction of sp³-hybridized carbons (Fsp3) is 0.217. The molecule has 2 aliphatic heterocycles. The van der Waals surface area contributed by atoms with Crippen molar-refractivity contribution in [1.82, 2.24) is 14.3 Å². The third-order valence-corrected chi connectivity index (χ3v) is 6.71. The average Bonchev–Trinajstić information content (AvgIpc) is 3.39. The van der Waals surface area contributed by atoms with Crippen LogP contribution in [0.5, 0.6) is 11.5 Å². The Balaban J connectivity index is 1.50. The number of hydrogen-bond donors (Lipinski definition) is 2. The van der Waals surface area contributed by atoms with Crippen LogP contribution in [0.15, 0.2) is 46.2 Å². The van der Waals surface area contributed by atoms with Crippen LogP contribution in [0.2, 0.25) is 0 Å². The number of nitrogens with zero attached hydrogens (tertiary/aromatic N) is 3. The Morgan fingerprint density at radius 1 is 1.24 bits per heavy atom. The molecule has 0 spiro atoms. The number of aliphatic hydroxyl groups excluding tert-OH is 1. The molecule has 34 heavy (non-hydrogen) atoms. The first-order chi connectivity index (χ1) is 16.4. The molecular formula is C23H20N4O5S2. The van der Waals surface area contributed by atoms with Crippen molar-refractivity contribution in [1.29, 1.82) is 0 Å². The lowest BCUT2D eigenvalue weighted by Gasteiger charge is -2.14. The van der Waals surface area contributed by atoms with Crippen LogP contribution in [-0.2, 0) is 11.3 Å². The number of nitrogens with one attached hydrogen (secondary N) is 1. The van der Waals surface area contributed by atoms with Crippen molar-refractivity contribution in [3.05, 3.63) is 68.5 Å². The highest BCUT2D eigenvalue weighted by Gasteiger charge is 2.33. The number of thiocarbonyl (C=S) groups is 1. The molecule has 1 aromatic carbocycles. The number of thioether (sulfide) groups is 1. The zero-order valence-electron chi connectivity index (χ0n) is 18.1. The predicted octanol–water partition coefficient (Wildman–Crippen LogP) is 2.54. The molecule has 5 rings (SSSR count). The second kappa shape index (κ2) is 9.09. The van der Waals surface area contributed by atoms with Gasteiger partial charge in [-0.05, 0) is 42.3 Å². The summed E-state index contributed by atoms with van der Waals surface area (Å²) in [6.45, 7) is 2.39. The number of ether oxygens (including phenoxy) is 2. The molecule has 0 atom stereocenters. The van der Waals surface area contributed by atoms with E-state index in [1.165, 1.54) is 15.4 Å². The average molecular weight is 497 g/mol. The maximum Gasteiger partial charge on any atom is 0.267 e. The summed E-state index contributed by atoms with van der Waals surface area (Å²) in [6.07, 6.45) is 3.21. The number of rotatable bonds is 6. The quantitative estimate of drug-likeness (QED) is 0.393. The zero-order chi connectivity index (χ0) is 23.8. The lowest BCUT2D eigenvalue weighted by molar-refractivity contribution is -0.122. The Morgan fingerprint density at radius 3 is 2.88 bits per heavy atom. The van der Waals surface area contributed by atoms with E-state index in [4.69, 9.17) is 21.7 Å². The van der Waals surface area contributed by atoms with Gasteiger partial charge >= 0.3 is 0 Å². The van der Waals surface area contributed by atoms with Gasteiger partial charge in [0.1, 0.15) is 15.8 Å². The van der Waals surface area contributed by atoms with E-state index < -0.39 is 0 Å². The summed E-state index contributed by atoms with van der Waals surface area (Å²) in [5, 5.41) is 12.2. The van der Waals surface area contributed by atoms with Gasteiger partial charge in [0.2, 0.25) is 6.79 Å². The van der Waals surface area contributed by atoms with Crippen molar-refractivity contribution >= 4 is 51.7 Å². The van der Waals surface area contributed by atoms with Crippen molar-refractivity contribution in [2.24, 2.45) is 0 Å². The number of amides is 1. The third-order valence-electron chi connectivity index (χ3n) is 5.34. The SMILES string of the molecule is Cc1ccc2nc(NCCO)c(C=C3SC(=S)N(Cc4ccc5c(c4)OCO5)C3=O)c(=O)n2c1. The molecule has 174 valence electrons. The van der Waals surface area contributed by atoms with Gasteiger partial charge in [0.05, 0.1) is 23.6 Å². The first kappa shape index (κ1) is 22.4. The molecule has 4 heterocycles. The number of fused-ring (bicyclic) bond motifs is 2. The van der Waals surface area contributed by atoms with Crippen LogP contribution in [0, 0.1) is 6.92 Å². The molecule has 0 radical (unpaired) electrons. The normalized spacial score (nSPS) is 16.2. The second-order valence-corrected chi connectivity index (χ2v) is 9.40. The van der Waals surface area contributed by atoms with Gasteiger partial charge in [-0.15, -0.1) is 0 Å². The summed E-state index contributed by atoms with van der Waals surface area (Å²) < 4.78 is 12.6. The Morgan fingerprint density at radius 2 is 2.06 bits per heavy atom. The molecule has 11 heteroatoms. The first-order valence-electron chi connectivity index (χ1n) is 10.5. The molecule has 0 saturated carbocycles. The number of benzene rings is 1. The van der Waals surface area contributed by atoms with E-state index in [-0.39, 0.29) is 43.5 Å². The van der Waals surface area contributed by atoms with E-state index in [0.717, 1.165) is 22.9 Å². The van der Waals surface area contributed by atoms with Gasteiger partial charge in [0.25, 0.3) is 11.5 Å². The summed E-state index contributed by atoms with van der Waals surface area (Å²) >= 11 is 6.59. The highest BCUT2D eigenvalue weighted by atomic mass is 32.2. The van der Waals surface area contributed by atoms with Crippen LogP contribution in [0.25, 0.3) is 11.7 Å². The van der Waals surface area contributed by atoms with Crippen LogP contribution in [0.3, 0.4) is 0 Å². The highest BCUT2D eigenvalue weighted by molar-refractivity contribution is 8.26. The van der Waals surface area contributed by atoms with E-state index in [2.05, 4.69) is 10.3 Å². The van der Waals surface area contributed by atoms with Crippen LogP contribution < -0.4 is 20.3 Å². The van der Waals surface area contributed by atoms with Crippen molar-refractivity contribution < 1.29 is 19.4 Å². The molecule has 0 unspecified atom stereocenters. The largest absolute Gasteiger partial charge is 0.454 e. The number of aliphatic hydroxyl groups is 1. The van der Waals surface area contributed by atoms with E-state index >= 15 is 0 Å². The molecule has 2 aliphatic rings. The molecule has 0 aliphatic carbocycles. The van der Waals surface area contributed by atoms with Gasteiger partial charge in [-0.1, -0.05) is 36.1 Å². The van der Waals surface area contributed by atoms with Crippen molar-refractivity contribution in [2.75, 3.05) is 25.3 Å².